The molecule has 1 aliphatic heterocycles. The Kier molecular flexibility index (Phi) is 7.50. The molecule has 0 saturated carbocycles. The summed E-state index contributed by atoms with van der Waals surface area (Å²) in [6.07, 6.45) is 3.95. The molecule has 172 valence electrons. The van der Waals surface area contributed by atoms with Crippen molar-refractivity contribution in [2.45, 2.75) is 38.6 Å². The number of anilines is 1. The van der Waals surface area contributed by atoms with E-state index >= 15 is 0 Å². The summed E-state index contributed by atoms with van der Waals surface area (Å²) in [6.45, 7) is 5.66. The predicted octanol–water partition coefficient (Wildman–Crippen LogP) is 4.22. The van der Waals surface area contributed by atoms with Crippen molar-refractivity contribution in [3.05, 3.63) is 36.1 Å². The number of hydrogen-bond acceptors (Lipinski definition) is 7. The number of ether oxygens (including phenoxy) is 2. The number of pyridine rings is 1. The van der Waals surface area contributed by atoms with Crippen LogP contribution < -0.4 is 25.4 Å². The van der Waals surface area contributed by atoms with E-state index in [1.54, 1.807) is 7.11 Å². The maximum absolute atomic E-state index is 6.04. The van der Waals surface area contributed by atoms with Crippen LogP contribution in [0.15, 0.2) is 34.7 Å². The lowest BCUT2D eigenvalue weighted by Gasteiger charge is -2.25. The third kappa shape index (κ3) is 5.16. The Balaban J connectivity index is 1.74. The van der Waals surface area contributed by atoms with Crippen LogP contribution in [0.1, 0.15) is 31.9 Å². The molecule has 3 N–H and O–H groups in total. The number of fused-ring (bicyclic) bond motifs is 1. The SMILES string of the molecule is CCc1ccc(-c2cc(NC3CCNCC3)c3cc(OC)c(OCCCNC)cc3n2)o1. The molecule has 0 spiro atoms. The lowest BCUT2D eigenvalue weighted by atomic mass is 10.0. The highest BCUT2D eigenvalue weighted by Crippen LogP contribution is 2.37. The first-order valence-corrected chi connectivity index (χ1v) is 11.6. The van der Waals surface area contributed by atoms with Gasteiger partial charge in [0.15, 0.2) is 17.3 Å². The molecule has 0 unspecified atom stereocenters. The molecule has 0 aliphatic carbocycles. The van der Waals surface area contributed by atoms with E-state index in [1.165, 1.54) is 0 Å². The summed E-state index contributed by atoms with van der Waals surface area (Å²) < 4.78 is 17.7. The minimum Gasteiger partial charge on any atom is -0.493 e. The van der Waals surface area contributed by atoms with E-state index in [4.69, 9.17) is 18.9 Å². The molecule has 3 heterocycles. The second-order valence-electron chi connectivity index (χ2n) is 8.17. The molecule has 1 aromatic carbocycles. The predicted molar refractivity (Wildman–Crippen MR) is 129 cm³/mol. The van der Waals surface area contributed by atoms with Crippen molar-refractivity contribution in [2.24, 2.45) is 0 Å². The lowest BCUT2D eigenvalue weighted by molar-refractivity contribution is 0.289. The molecule has 0 radical (unpaired) electrons. The number of rotatable bonds is 10. The molecule has 0 amide bonds. The van der Waals surface area contributed by atoms with E-state index in [2.05, 4.69) is 28.9 Å². The van der Waals surface area contributed by atoms with E-state index in [1.807, 2.05) is 31.3 Å². The number of nitrogens with zero attached hydrogens (tertiary/aromatic N) is 1. The summed E-state index contributed by atoms with van der Waals surface area (Å²) in [5, 5.41) is 11.4. The van der Waals surface area contributed by atoms with Gasteiger partial charge in [-0.05, 0) is 70.2 Å². The molecular weight excluding hydrogens is 404 g/mol. The monoisotopic (exact) mass is 438 g/mol. The van der Waals surface area contributed by atoms with Gasteiger partial charge in [-0.15, -0.1) is 0 Å². The van der Waals surface area contributed by atoms with Gasteiger partial charge < -0.3 is 29.8 Å². The Labute approximate surface area is 189 Å². The zero-order valence-corrected chi connectivity index (χ0v) is 19.3. The van der Waals surface area contributed by atoms with Crippen molar-refractivity contribution in [2.75, 3.05) is 45.7 Å². The normalized spacial score (nSPS) is 14.6. The van der Waals surface area contributed by atoms with Gasteiger partial charge in [-0.25, -0.2) is 4.98 Å². The van der Waals surface area contributed by atoms with Gasteiger partial charge in [-0.3, -0.25) is 0 Å². The van der Waals surface area contributed by atoms with E-state index in [-0.39, 0.29) is 0 Å². The van der Waals surface area contributed by atoms with Crippen LogP contribution in [0.25, 0.3) is 22.4 Å². The number of furan rings is 1. The summed E-state index contributed by atoms with van der Waals surface area (Å²) in [5.41, 5.74) is 2.73. The average Bonchev–Trinajstić information content (AvgIpc) is 3.31. The van der Waals surface area contributed by atoms with Gasteiger partial charge in [0.1, 0.15) is 11.5 Å². The van der Waals surface area contributed by atoms with Crippen LogP contribution in [0.5, 0.6) is 11.5 Å². The first kappa shape index (κ1) is 22.4. The summed E-state index contributed by atoms with van der Waals surface area (Å²) in [5.74, 6) is 3.17. The fraction of sp³-hybridized carbons (Fsp3) is 0.480. The number of aryl methyl sites for hydroxylation is 1. The number of nitrogens with one attached hydrogen (secondary N) is 3. The van der Waals surface area contributed by atoms with Gasteiger partial charge in [-0.1, -0.05) is 6.92 Å². The van der Waals surface area contributed by atoms with Crippen LogP contribution in [0.4, 0.5) is 5.69 Å². The minimum absolute atomic E-state index is 0.418. The van der Waals surface area contributed by atoms with E-state index < -0.39 is 0 Å². The van der Waals surface area contributed by atoms with Gasteiger partial charge in [-0.2, -0.15) is 0 Å². The minimum atomic E-state index is 0.418. The quantitative estimate of drug-likeness (QED) is 0.409. The number of methoxy groups -OCH3 is 1. The number of benzene rings is 1. The molecule has 0 bridgehead atoms. The lowest BCUT2D eigenvalue weighted by Crippen LogP contribution is -2.35. The molecule has 4 rings (SSSR count). The van der Waals surface area contributed by atoms with Crippen molar-refractivity contribution in [3.8, 4) is 23.0 Å². The number of hydrogen-bond donors (Lipinski definition) is 3. The summed E-state index contributed by atoms with van der Waals surface area (Å²) >= 11 is 0. The first-order valence-electron chi connectivity index (χ1n) is 11.6. The zero-order chi connectivity index (χ0) is 22.3. The second-order valence-corrected chi connectivity index (χ2v) is 8.17. The van der Waals surface area contributed by atoms with Crippen LogP contribution in [0.3, 0.4) is 0 Å². The molecule has 0 atom stereocenters. The Bertz CT molecular complexity index is 1030. The average molecular weight is 439 g/mol. The fourth-order valence-electron chi connectivity index (χ4n) is 4.07. The van der Waals surface area contributed by atoms with Crippen molar-refractivity contribution in [1.82, 2.24) is 15.6 Å². The number of aromatic nitrogens is 1. The Morgan fingerprint density at radius 3 is 2.72 bits per heavy atom. The molecule has 1 fully saturated rings. The second kappa shape index (κ2) is 10.7. The van der Waals surface area contributed by atoms with Crippen LogP contribution in [-0.4, -0.2) is 51.4 Å². The summed E-state index contributed by atoms with van der Waals surface area (Å²) in [4.78, 5) is 4.93. The highest BCUT2D eigenvalue weighted by atomic mass is 16.5. The maximum Gasteiger partial charge on any atom is 0.163 e. The van der Waals surface area contributed by atoms with Crippen molar-refractivity contribution in [1.29, 1.82) is 0 Å². The highest BCUT2D eigenvalue weighted by Gasteiger charge is 2.18. The summed E-state index contributed by atoms with van der Waals surface area (Å²) in [6, 6.07) is 10.5. The first-order chi connectivity index (χ1) is 15.7. The molecule has 1 aliphatic rings. The van der Waals surface area contributed by atoms with Gasteiger partial charge in [0.05, 0.1) is 19.2 Å². The van der Waals surface area contributed by atoms with Crippen LogP contribution in [0, 0.1) is 0 Å². The van der Waals surface area contributed by atoms with Crippen LogP contribution in [-0.2, 0) is 6.42 Å². The van der Waals surface area contributed by atoms with Crippen molar-refractivity contribution >= 4 is 16.6 Å². The molecule has 3 aromatic rings. The van der Waals surface area contributed by atoms with Crippen molar-refractivity contribution < 1.29 is 13.9 Å². The topological polar surface area (TPSA) is 80.6 Å². The van der Waals surface area contributed by atoms with E-state index in [9.17, 15) is 0 Å². The van der Waals surface area contributed by atoms with E-state index in [0.29, 0.717) is 18.4 Å². The van der Waals surface area contributed by atoms with Gasteiger partial charge in [0, 0.05) is 29.6 Å². The largest absolute Gasteiger partial charge is 0.493 e. The molecule has 32 heavy (non-hydrogen) atoms. The Hall–Kier alpha value is -2.77. The molecule has 2 aromatic heterocycles. The van der Waals surface area contributed by atoms with E-state index in [0.717, 1.165) is 84.9 Å². The standard InChI is InChI=1S/C25H34N4O3/c1-4-18-6-7-23(32-18)22-15-20(28-17-8-11-27-12-9-17)19-14-24(30-3)25(16-21(19)29-22)31-13-5-10-26-2/h6-7,14-17,26-27H,4-5,8-13H2,1-3H3,(H,28,29). The third-order valence-electron chi connectivity index (χ3n) is 5.88. The molecule has 7 heteroatoms. The van der Waals surface area contributed by atoms with Crippen LogP contribution in [0.2, 0.25) is 0 Å². The van der Waals surface area contributed by atoms with Gasteiger partial charge in [0.25, 0.3) is 0 Å². The highest BCUT2D eigenvalue weighted by molar-refractivity contribution is 5.95. The molecule has 1 saturated heterocycles. The van der Waals surface area contributed by atoms with Gasteiger partial charge in [0.2, 0.25) is 0 Å². The Morgan fingerprint density at radius 1 is 1.16 bits per heavy atom. The fourth-order valence-corrected chi connectivity index (χ4v) is 4.07. The molecular formula is C25H34N4O3. The van der Waals surface area contributed by atoms with Crippen LogP contribution >= 0.6 is 0 Å². The van der Waals surface area contributed by atoms with Gasteiger partial charge >= 0.3 is 0 Å². The van der Waals surface area contributed by atoms with Crippen molar-refractivity contribution in [3.63, 3.8) is 0 Å². The Morgan fingerprint density at radius 2 is 2.00 bits per heavy atom. The molecule has 7 nitrogen and oxygen atoms in total. The third-order valence-corrected chi connectivity index (χ3v) is 5.88. The smallest absolute Gasteiger partial charge is 0.163 e. The maximum atomic E-state index is 6.04. The number of piperidine rings is 1. The zero-order valence-electron chi connectivity index (χ0n) is 19.3. The summed E-state index contributed by atoms with van der Waals surface area (Å²) in [7, 11) is 3.62.